The van der Waals surface area contributed by atoms with Crippen molar-refractivity contribution in [3.63, 3.8) is 0 Å². The summed E-state index contributed by atoms with van der Waals surface area (Å²) in [6, 6.07) is 3.77. The van der Waals surface area contributed by atoms with Gasteiger partial charge in [-0.2, -0.15) is 0 Å². The number of hydrogen-bond acceptors (Lipinski definition) is 2. The Morgan fingerprint density at radius 2 is 2.24 bits per heavy atom. The standard InChI is InChI=1S/C13H18FNO2/c1-3-4-9(2)8-15-12-7-10(13(16)17)5-6-11(12)14/h5-7,9,15H,3-4,8H2,1-2H3,(H,16,17). The first-order valence-corrected chi connectivity index (χ1v) is 5.81. The number of hydrogen-bond donors (Lipinski definition) is 2. The molecule has 17 heavy (non-hydrogen) atoms. The topological polar surface area (TPSA) is 49.3 Å². The minimum atomic E-state index is -1.05. The fraction of sp³-hybridized carbons (Fsp3) is 0.462. The van der Waals surface area contributed by atoms with Gasteiger partial charge in [0.25, 0.3) is 0 Å². The molecule has 1 atom stereocenters. The monoisotopic (exact) mass is 239 g/mol. The Balaban J connectivity index is 2.69. The molecular weight excluding hydrogens is 221 g/mol. The number of anilines is 1. The van der Waals surface area contributed by atoms with Crippen molar-refractivity contribution in [2.75, 3.05) is 11.9 Å². The van der Waals surface area contributed by atoms with Crippen LogP contribution in [0.5, 0.6) is 0 Å². The summed E-state index contributed by atoms with van der Waals surface area (Å²) in [5.74, 6) is -1.03. The van der Waals surface area contributed by atoms with Gasteiger partial charge in [0, 0.05) is 6.54 Å². The highest BCUT2D eigenvalue weighted by molar-refractivity contribution is 5.88. The van der Waals surface area contributed by atoms with Crippen LogP contribution in [0.1, 0.15) is 37.0 Å². The molecule has 0 amide bonds. The molecule has 0 saturated heterocycles. The van der Waals surface area contributed by atoms with Gasteiger partial charge in [0.15, 0.2) is 0 Å². The molecule has 0 saturated carbocycles. The quantitative estimate of drug-likeness (QED) is 0.800. The lowest BCUT2D eigenvalue weighted by atomic mass is 10.1. The fourth-order valence-electron chi connectivity index (χ4n) is 1.67. The SMILES string of the molecule is CCCC(C)CNc1cc(C(=O)O)ccc1F. The minimum Gasteiger partial charge on any atom is -0.478 e. The summed E-state index contributed by atoms with van der Waals surface area (Å²) in [6.45, 7) is 4.82. The lowest BCUT2D eigenvalue weighted by molar-refractivity contribution is 0.0697. The zero-order chi connectivity index (χ0) is 12.8. The maximum absolute atomic E-state index is 13.4. The van der Waals surface area contributed by atoms with Crippen LogP contribution >= 0.6 is 0 Å². The van der Waals surface area contributed by atoms with Gasteiger partial charge >= 0.3 is 5.97 Å². The molecule has 0 aliphatic rings. The Morgan fingerprint density at radius 1 is 1.53 bits per heavy atom. The van der Waals surface area contributed by atoms with Gasteiger partial charge in [-0.1, -0.05) is 20.3 Å². The van der Waals surface area contributed by atoms with E-state index in [4.69, 9.17) is 5.11 Å². The van der Waals surface area contributed by atoms with E-state index in [-0.39, 0.29) is 11.3 Å². The van der Waals surface area contributed by atoms with E-state index in [1.54, 1.807) is 0 Å². The second kappa shape index (κ2) is 6.23. The summed E-state index contributed by atoms with van der Waals surface area (Å²) >= 11 is 0. The number of nitrogens with one attached hydrogen (secondary N) is 1. The number of aromatic carboxylic acids is 1. The third-order valence-electron chi connectivity index (χ3n) is 2.64. The molecule has 2 N–H and O–H groups in total. The molecule has 1 aromatic carbocycles. The average Bonchev–Trinajstić information content (AvgIpc) is 2.28. The molecule has 0 heterocycles. The van der Waals surface area contributed by atoms with Crippen LogP contribution in [0.15, 0.2) is 18.2 Å². The predicted octanol–water partition coefficient (Wildman–Crippen LogP) is 3.37. The molecule has 1 unspecified atom stereocenters. The van der Waals surface area contributed by atoms with Crippen LogP contribution in [-0.4, -0.2) is 17.6 Å². The van der Waals surface area contributed by atoms with E-state index in [9.17, 15) is 9.18 Å². The minimum absolute atomic E-state index is 0.0945. The lowest BCUT2D eigenvalue weighted by Crippen LogP contribution is -2.12. The smallest absolute Gasteiger partial charge is 0.335 e. The van der Waals surface area contributed by atoms with E-state index in [2.05, 4.69) is 19.2 Å². The number of halogens is 1. The van der Waals surface area contributed by atoms with E-state index in [0.717, 1.165) is 12.8 Å². The van der Waals surface area contributed by atoms with Crippen LogP contribution in [0, 0.1) is 11.7 Å². The van der Waals surface area contributed by atoms with Crippen LogP contribution in [0.25, 0.3) is 0 Å². The Bertz CT molecular complexity index is 393. The number of carboxylic acid groups (broad SMARTS) is 1. The lowest BCUT2D eigenvalue weighted by Gasteiger charge is -2.13. The Kier molecular flexibility index (Phi) is 4.94. The van der Waals surface area contributed by atoms with Crippen molar-refractivity contribution in [1.82, 2.24) is 0 Å². The summed E-state index contributed by atoms with van der Waals surface area (Å²) < 4.78 is 13.4. The number of carboxylic acids is 1. The van der Waals surface area contributed by atoms with Crippen LogP contribution in [-0.2, 0) is 0 Å². The van der Waals surface area contributed by atoms with Crippen molar-refractivity contribution < 1.29 is 14.3 Å². The normalized spacial score (nSPS) is 12.2. The van der Waals surface area contributed by atoms with Gasteiger partial charge in [-0.15, -0.1) is 0 Å². The van der Waals surface area contributed by atoms with E-state index in [1.165, 1.54) is 18.2 Å². The van der Waals surface area contributed by atoms with E-state index in [0.29, 0.717) is 12.5 Å². The van der Waals surface area contributed by atoms with Crippen LogP contribution in [0.2, 0.25) is 0 Å². The highest BCUT2D eigenvalue weighted by Crippen LogP contribution is 2.17. The molecule has 1 rings (SSSR count). The van der Waals surface area contributed by atoms with Crippen molar-refractivity contribution in [3.05, 3.63) is 29.6 Å². The van der Waals surface area contributed by atoms with Crippen molar-refractivity contribution >= 4 is 11.7 Å². The predicted molar refractivity (Wildman–Crippen MR) is 65.9 cm³/mol. The summed E-state index contributed by atoms with van der Waals surface area (Å²) in [6.07, 6.45) is 2.15. The third kappa shape index (κ3) is 4.06. The van der Waals surface area contributed by atoms with Gasteiger partial charge in [0.2, 0.25) is 0 Å². The first kappa shape index (κ1) is 13.5. The van der Waals surface area contributed by atoms with Crippen molar-refractivity contribution in [3.8, 4) is 0 Å². The summed E-state index contributed by atoms with van der Waals surface area (Å²) in [5, 5.41) is 11.8. The zero-order valence-electron chi connectivity index (χ0n) is 10.2. The molecule has 0 aliphatic heterocycles. The van der Waals surface area contributed by atoms with Gasteiger partial charge in [0.1, 0.15) is 5.82 Å². The maximum Gasteiger partial charge on any atom is 0.335 e. The molecule has 0 aromatic heterocycles. The molecular formula is C13H18FNO2. The second-order valence-electron chi connectivity index (χ2n) is 4.27. The van der Waals surface area contributed by atoms with E-state index < -0.39 is 11.8 Å². The first-order valence-electron chi connectivity index (χ1n) is 5.81. The van der Waals surface area contributed by atoms with Crippen LogP contribution in [0.3, 0.4) is 0 Å². The first-order chi connectivity index (χ1) is 8.04. The van der Waals surface area contributed by atoms with Gasteiger partial charge in [-0.3, -0.25) is 0 Å². The van der Waals surface area contributed by atoms with Crippen molar-refractivity contribution in [2.24, 2.45) is 5.92 Å². The number of rotatable bonds is 6. The van der Waals surface area contributed by atoms with Crippen LogP contribution < -0.4 is 5.32 Å². The molecule has 4 heteroatoms. The summed E-state index contributed by atoms with van der Waals surface area (Å²) in [4.78, 5) is 10.8. The molecule has 0 aliphatic carbocycles. The molecule has 94 valence electrons. The molecule has 0 spiro atoms. The van der Waals surface area contributed by atoms with Crippen molar-refractivity contribution in [2.45, 2.75) is 26.7 Å². The average molecular weight is 239 g/mol. The third-order valence-corrected chi connectivity index (χ3v) is 2.64. The summed E-state index contributed by atoms with van der Waals surface area (Å²) in [7, 11) is 0. The second-order valence-corrected chi connectivity index (χ2v) is 4.27. The molecule has 1 aromatic rings. The Morgan fingerprint density at radius 3 is 2.82 bits per heavy atom. The van der Waals surface area contributed by atoms with Crippen molar-refractivity contribution in [1.29, 1.82) is 0 Å². The summed E-state index contributed by atoms with van der Waals surface area (Å²) in [5.41, 5.74) is 0.352. The molecule has 3 nitrogen and oxygen atoms in total. The van der Waals surface area contributed by atoms with Gasteiger partial charge in [-0.25, -0.2) is 9.18 Å². The maximum atomic E-state index is 13.4. The van der Waals surface area contributed by atoms with Crippen LogP contribution in [0.4, 0.5) is 10.1 Å². The van der Waals surface area contributed by atoms with Gasteiger partial charge in [-0.05, 0) is 30.5 Å². The molecule has 0 fully saturated rings. The van der Waals surface area contributed by atoms with Gasteiger partial charge in [0.05, 0.1) is 11.3 Å². The van der Waals surface area contributed by atoms with E-state index in [1.807, 2.05) is 0 Å². The zero-order valence-corrected chi connectivity index (χ0v) is 10.2. The van der Waals surface area contributed by atoms with E-state index >= 15 is 0 Å². The number of benzene rings is 1. The Labute approximate surface area is 101 Å². The highest BCUT2D eigenvalue weighted by atomic mass is 19.1. The Hall–Kier alpha value is -1.58. The highest BCUT2D eigenvalue weighted by Gasteiger charge is 2.09. The fourth-order valence-corrected chi connectivity index (χ4v) is 1.67. The number of carbonyl (C=O) groups is 1. The molecule has 0 radical (unpaired) electrons. The van der Waals surface area contributed by atoms with Gasteiger partial charge < -0.3 is 10.4 Å². The molecule has 0 bridgehead atoms. The largest absolute Gasteiger partial charge is 0.478 e.